The smallest absolute Gasteiger partial charge is 0.300 e. The Bertz CT molecular complexity index is 1510. The van der Waals surface area contributed by atoms with E-state index >= 15 is 0 Å². The van der Waals surface area contributed by atoms with E-state index in [2.05, 4.69) is 0 Å². The van der Waals surface area contributed by atoms with Gasteiger partial charge in [-0.25, -0.2) is 0 Å². The first kappa shape index (κ1) is 22.7. The zero-order chi connectivity index (χ0) is 25.5. The Morgan fingerprint density at radius 3 is 2.43 bits per heavy atom. The lowest BCUT2D eigenvalue weighted by atomic mass is 9.97. The highest BCUT2D eigenvalue weighted by molar-refractivity contribution is 6.51. The van der Waals surface area contributed by atoms with Gasteiger partial charge in [-0.1, -0.05) is 18.2 Å². The lowest BCUT2D eigenvalue weighted by molar-refractivity contribution is -0.132. The first-order valence-electron chi connectivity index (χ1n) is 12.0. The summed E-state index contributed by atoms with van der Waals surface area (Å²) in [6.45, 7) is 1.97. The molecule has 1 aromatic heterocycles. The fourth-order valence-corrected chi connectivity index (χ4v) is 4.84. The van der Waals surface area contributed by atoms with Crippen LogP contribution in [-0.4, -0.2) is 22.9 Å². The van der Waals surface area contributed by atoms with Gasteiger partial charge in [0.2, 0.25) is 0 Å². The molecule has 1 saturated heterocycles. The van der Waals surface area contributed by atoms with Crippen LogP contribution in [0.3, 0.4) is 0 Å². The molecular weight excluding hydrogens is 470 g/mol. The van der Waals surface area contributed by atoms with E-state index in [0.29, 0.717) is 34.9 Å². The molecule has 1 N–H and O–H groups in total. The van der Waals surface area contributed by atoms with Crippen molar-refractivity contribution in [3.63, 3.8) is 0 Å². The zero-order valence-electron chi connectivity index (χ0n) is 20.0. The summed E-state index contributed by atoms with van der Waals surface area (Å²) < 4.78 is 17.2. The predicted molar refractivity (Wildman–Crippen MR) is 137 cm³/mol. The Labute approximate surface area is 213 Å². The van der Waals surface area contributed by atoms with Crippen LogP contribution in [0.2, 0.25) is 0 Å². The number of benzene rings is 3. The van der Waals surface area contributed by atoms with E-state index in [1.165, 1.54) is 11.2 Å². The molecule has 1 amide bonds. The van der Waals surface area contributed by atoms with Gasteiger partial charge < -0.3 is 19.0 Å². The highest BCUT2D eigenvalue weighted by Crippen LogP contribution is 2.43. The van der Waals surface area contributed by atoms with Gasteiger partial charge in [-0.2, -0.15) is 0 Å². The summed E-state index contributed by atoms with van der Waals surface area (Å²) in [6, 6.07) is 23.9. The third-order valence-electron chi connectivity index (χ3n) is 6.52. The number of ether oxygens (including phenoxy) is 2. The second-order valence-electron chi connectivity index (χ2n) is 9.05. The molecule has 2 unspecified atom stereocenters. The van der Waals surface area contributed by atoms with Crippen molar-refractivity contribution in [3.05, 3.63) is 114 Å². The zero-order valence-corrected chi connectivity index (χ0v) is 20.0. The van der Waals surface area contributed by atoms with Gasteiger partial charge in [0.15, 0.2) is 0 Å². The third-order valence-corrected chi connectivity index (χ3v) is 6.52. The predicted octanol–water partition coefficient (Wildman–Crippen LogP) is 6.02. The average molecular weight is 494 g/mol. The fraction of sp³-hybridized carbons (Fsp3) is 0.133. The number of carbonyl (C=O) groups excluding carboxylic acids is 2. The molecule has 2 aliphatic heterocycles. The van der Waals surface area contributed by atoms with E-state index in [-0.39, 0.29) is 17.4 Å². The number of fused-ring (bicyclic) bond motifs is 1. The van der Waals surface area contributed by atoms with Crippen LogP contribution in [0.4, 0.5) is 5.69 Å². The van der Waals surface area contributed by atoms with E-state index in [9.17, 15) is 14.7 Å². The number of Topliss-reactive ketones (excluding diaryl/α,β-unsaturated/α-hetero) is 1. The largest absolute Gasteiger partial charge is 0.507 e. The molecule has 1 fully saturated rings. The lowest BCUT2D eigenvalue weighted by Crippen LogP contribution is -2.29. The number of aliphatic hydroxyl groups is 1. The molecule has 184 valence electrons. The standard InChI is InChI=1S/C30H23NO6/c1-18-16-20-17-19(9-14-24(20)36-18)28(32)26-27(25-8-5-15-35-25)31(30(34)29(26)33)21-10-12-23(13-11-21)37-22-6-3-2-4-7-22/h2-15,17-18,27,32H,16H2,1H3/b28-26-. The molecule has 0 saturated carbocycles. The highest BCUT2D eigenvalue weighted by Gasteiger charge is 2.48. The van der Waals surface area contributed by atoms with E-state index < -0.39 is 17.7 Å². The summed E-state index contributed by atoms with van der Waals surface area (Å²) in [5.41, 5.74) is 1.82. The van der Waals surface area contributed by atoms with Crippen LogP contribution in [0.5, 0.6) is 17.2 Å². The molecule has 7 nitrogen and oxygen atoms in total. The van der Waals surface area contributed by atoms with Gasteiger partial charge >= 0.3 is 0 Å². The topological polar surface area (TPSA) is 89.2 Å². The minimum absolute atomic E-state index is 0.0310. The molecule has 6 rings (SSSR count). The van der Waals surface area contributed by atoms with Gasteiger partial charge in [0.05, 0.1) is 11.8 Å². The number of para-hydroxylation sites is 1. The van der Waals surface area contributed by atoms with Crippen LogP contribution >= 0.6 is 0 Å². The Hall–Kier alpha value is -4.78. The monoisotopic (exact) mass is 493 g/mol. The van der Waals surface area contributed by atoms with Crippen molar-refractivity contribution < 1.29 is 28.6 Å². The van der Waals surface area contributed by atoms with E-state index in [4.69, 9.17) is 13.9 Å². The first-order chi connectivity index (χ1) is 18.0. The van der Waals surface area contributed by atoms with Gasteiger partial charge in [-0.3, -0.25) is 14.5 Å². The molecular formula is C30H23NO6. The van der Waals surface area contributed by atoms with Crippen LogP contribution in [0.15, 0.2) is 101 Å². The van der Waals surface area contributed by atoms with Crippen LogP contribution in [0, 0.1) is 0 Å². The number of carbonyl (C=O) groups is 2. The van der Waals surface area contributed by atoms with Crippen LogP contribution in [0.25, 0.3) is 5.76 Å². The average Bonchev–Trinajstić information content (AvgIpc) is 3.63. The summed E-state index contributed by atoms with van der Waals surface area (Å²) in [5.74, 6) is 0.588. The maximum absolute atomic E-state index is 13.3. The Morgan fingerprint density at radius 1 is 0.946 bits per heavy atom. The molecule has 0 bridgehead atoms. The van der Waals surface area contributed by atoms with Crippen molar-refractivity contribution >= 4 is 23.1 Å². The van der Waals surface area contributed by atoms with Crippen molar-refractivity contribution in [1.29, 1.82) is 0 Å². The molecule has 3 heterocycles. The van der Waals surface area contributed by atoms with E-state index in [0.717, 1.165) is 11.3 Å². The highest BCUT2D eigenvalue weighted by atomic mass is 16.5. The number of amides is 1. The van der Waals surface area contributed by atoms with Gasteiger partial charge in [0, 0.05) is 17.7 Å². The summed E-state index contributed by atoms with van der Waals surface area (Å²) >= 11 is 0. The summed E-state index contributed by atoms with van der Waals surface area (Å²) in [4.78, 5) is 27.9. The second kappa shape index (κ2) is 9.02. The third kappa shape index (κ3) is 4.04. The number of hydrogen-bond acceptors (Lipinski definition) is 6. The van der Waals surface area contributed by atoms with Gasteiger partial charge in [0.25, 0.3) is 11.7 Å². The lowest BCUT2D eigenvalue weighted by Gasteiger charge is -2.23. The van der Waals surface area contributed by atoms with Crippen molar-refractivity contribution in [3.8, 4) is 17.2 Å². The number of ketones is 1. The molecule has 4 aromatic rings. The van der Waals surface area contributed by atoms with Crippen molar-refractivity contribution in [1.82, 2.24) is 0 Å². The molecule has 0 aliphatic carbocycles. The van der Waals surface area contributed by atoms with Crippen LogP contribution in [-0.2, 0) is 16.0 Å². The molecule has 2 aliphatic rings. The molecule has 0 radical (unpaired) electrons. The summed E-state index contributed by atoms with van der Waals surface area (Å²) in [6.07, 6.45) is 2.21. The van der Waals surface area contributed by atoms with Gasteiger partial charge in [-0.15, -0.1) is 0 Å². The quantitative estimate of drug-likeness (QED) is 0.208. The van der Waals surface area contributed by atoms with Crippen LogP contribution in [0.1, 0.15) is 29.9 Å². The van der Waals surface area contributed by atoms with Gasteiger partial charge in [-0.05, 0) is 79.2 Å². The molecule has 3 aromatic carbocycles. The number of furan rings is 1. The number of anilines is 1. The first-order valence-corrected chi connectivity index (χ1v) is 12.0. The second-order valence-corrected chi connectivity index (χ2v) is 9.05. The number of nitrogens with zero attached hydrogens (tertiary/aromatic N) is 1. The van der Waals surface area contributed by atoms with Crippen molar-refractivity contribution in [2.45, 2.75) is 25.5 Å². The maximum atomic E-state index is 13.3. The summed E-state index contributed by atoms with van der Waals surface area (Å²) in [5, 5.41) is 11.3. The van der Waals surface area contributed by atoms with Crippen LogP contribution < -0.4 is 14.4 Å². The van der Waals surface area contributed by atoms with Crippen molar-refractivity contribution in [2.24, 2.45) is 0 Å². The fourth-order valence-electron chi connectivity index (χ4n) is 4.84. The molecule has 0 spiro atoms. The molecule has 7 heteroatoms. The SMILES string of the molecule is CC1Cc2cc(/C(O)=C3/C(=O)C(=O)N(c4ccc(Oc5ccccc5)cc4)C3c3ccco3)ccc2O1. The number of aliphatic hydroxyl groups excluding tert-OH is 1. The Morgan fingerprint density at radius 2 is 1.70 bits per heavy atom. The Kier molecular flexibility index (Phi) is 5.53. The van der Waals surface area contributed by atoms with E-state index in [1.54, 1.807) is 54.6 Å². The maximum Gasteiger partial charge on any atom is 0.300 e. The van der Waals surface area contributed by atoms with Crippen molar-refractivity contribution in [2.75, 3.05) is 4.90 Å². The molecule has 37 heavy (non-hydrogen) atoms. The normalized spacial score (nSPS) is 20.1. The molecule has 2 atom stereocenters. The number of hydrogen-bond donors (Lipinski definition) is 1. The van der Waals surface area contributed by atoms with E-state index in [1.807, 2.05) is 37.3 Å². The van der Waals surface area contributed by atoms with Gasteiger partial charge in [0.1, 0.15) is 40.9 Å². The minimum Gasteiger partial charge on any atom is -0.507 e. The minimum atomic E-state index is -0.931. The Balaban J connectivity index is 1.39. The number of rotatable bonds is 5. The summed E-state index contributed by atoms with van der Waals surface area (Å²) in [7, 11) is 0.